The lowest BCUT2D eigenvalue weighted by molar-refractivity contribution is 0.124. The van der Waals surface area contributed by atoms with Crippen LogP contribution in [0.2, 0.25) is 0 Å². The van der Waals surface area contributed by atoms with E-state index in [1.54, 1.807) is 0 Å². The van der Waals surface area contributed by atoms with E-state index in [1.807, 2.05) is 0 Å². The molecule has 3 nitrogen and oxygen atoms in total. The van der Waals surface area contributed by atoms with Crippen LogP contribution < -0.4 is 14.8 Å². The predicted molar refractivity (Wildman–Crippen MR) is 78.5 cm³/mol. The van der Waals surface area contributed by atoms with E-state index in [2.05, 4.69) is 40.3 Å². The number of hydrogen-bond acceptors (Lipinski definition) is 3. The van der Waals surface area contributed by atoms with Gasteiger partial charge in [-0.15, -0.1) is 0 Å². The minimum Gasteiger partial charge on any atom is -0.454 e. The topological polar surface area (TPSA) is 30.5 Å². The Kier molecular flexibility index (Phi) is 3.72. The maximum Gasteiger partial charge on any atom is 0.231 e. The molecule has 1 aromatic carbocycles. The monoisotopic (exact) mass is 325 g/mol. The van der Waals surface area contributed by atoms with E-state index < -0.39 is 0 Å². The highest BCUT2D eigenvalue weighted by Gasteiger charge is 2.34. The normalized spacial score (nSPS) is 19.3. The molecule has 0 bridgehead atoms. The van der Waals surface area contributed by atoms with Gasteiger partial charge >= 0.3 is 0 Å². The van der Waals surface area contributed by atoms with E-state index in [0.717, 1.165) is 29.1 Å². The minimum absolute atomic E-state index is 0.323. The summed E-state index contributed by atoms with van der Waals surface area (Å²) >= 11 is 3.54. The van der Waals surface area contributed by atoms with Gasteiger partial charge in [0.15, 0.2) is 11.5 Å². The van der Waals surface area contributed by atoms with Crippen LogP contribution in [0.15, 0.2) is 16.6 Å². The van der Waals surface area contributed by atoms with Crippen molar-refractivity contribution in [3.05, 3.63) is 22.2 Å². The smallest absolute Gasteiger partial charge is 0.231 e. The van der Waals surface area contributed by atoms with E-state index in [1.165, 1.54) is 31.2 Å². The number of benzene rings is 1. The largest absolute Gasteiger partial charge is 0.454 e. The summed E-state index contributed by atoms with van der Waals surface area (Å²) in [7, 11) is 0. The van der Waals surface area contributed by atoms with Gasteiger partial charge in [-0.25, -0.2) is 0 Å². The molecule has 4 heteroatoms. The summed E-state index contributed by atoms with van der Waals surface area (Å²) in [6, 6.07) is 4.18. The highest BCUT2D eigenvalue weighted by Crippen LogP contribution is 2.43. The molecule has 1 aliphatic carbocycles. The van der Waals surface area contributed by atoms with Crippen molar-refractivity contribution in [3.8, 4) is 11.5 Å². The molecular weight excluding hydrogens is 306 g/mol. The van der Waals surface area contributed by atoms with E-state index in [4.69, 9.17) is 9.47 Å². The maximum absolute atomic E-state index is 5.44. The highest BCUT2D eigenvalue weighted by molar-refractivity contribution is 9.10. The van der Waals surface area contributed by atoms with Crippen molar-refractivity contribution in [2.24, 2.45) is 5.41 Å². The molecular formula is C15H20BrNO2. The van der Waals surface area contributed by atoms with Gasteiger partial charge in [0, 0.05) is 13.1 Å². The van der Waals surface area contributed by atoms with E-state index in [0.29, 0.717) is 12.2 Å². The van der Waals surface area contributed by atoms with Gasteiger partial charge < -0.3 is 14.8 Å². The Morgan fingerprint density at radius 2 is 2.16 bits per heavy atom. The Morgan fingerprint density at radius 1 is 1.32 bits per heavy atom. The molecule has 0 aromatic heterocycles. The standard InChI is InChI=1S/C15H20BrNO2/c1-2-15(4-3-5-15)9-17-8-11-6-12(16)14-13(7-11)18-10-19-14/h6-7,17H,2-5,8-10H2,1H3. The second kappa shape index (κ2) is 5.33. The van der Waals surface area contributed by atoms with Crippen LogP contribution in [0.1, 0.15) is 38.2 Å². The zero-order valence-corrected chi connectivity index (χ0v) is 12.9. The summed E-state index contributed by atoms with van der Waals surface area (Å²) in [5.74, 6) is 1.67. The van der Waals surface area contributed by atoms with Gasteiger partial charge in [0.05, 0.1) is 4.47 Å². The highest BCUT2D eigenvalue weighted by atomic mass is 79.9. The maximum atomic E-state index is 5.44. The Balaban J connectivity index is 1.60. The molecule has 104 valence electrons. The van der Waals surface area contributed by atoms with Gasteiger partial charge in [-0.1, -0.05) is 13.3 Å². The first-order valence-corrected chi connectivity index (χ1v) is 7.80. The summed E-state index contributed by atoms with van der Waals surface area (Å²) in [6.07, 6.45) is 5.43. The summed E-state index contributed by atoms with van der Waals surface area (Å²) in [5.41, 5.74) is 1.80. The molecule has 0 radical (unpaired) electrons. The van der Waals surface area contributed by atoms with Crippen LogP contribution in [0.4, 0.5) is 0 Å². The van der Waals surface area contributed by atoms with E-state index in [-0.39, 0.29) is 0 Å². The van der Waals surface area contributed by atoms with Crippen LogP contribution >= 0.6 is 15.9 Å². The molecule has 1 saturated carbocycles. The molecule has 1 aliphatic heterocycles. The molecule has 0 amide bonds. The number of nitrogens with one attached hydrogen (secondary N) is 1. The average molecular weight is 326 g/mol. The van der Waals surface area contributed by atoms with Crippen LogP contribution in [-0.4, -0.2) is 13.3 Å². The van der Waals surface area contributed by atoms with Crippen LogP contribution in [0.5, 0.6) is 11.5 Å². The number of fused-ring (bicyclic) bond motifs is 1. The van der Waals surface area contributed by atoms with Crippen molar-refractivity contribution >= 4 is 15.9 Å². The molecule has 1 N–H and O–H groups in total. The van der Waals surface area contributed by atoms with Crippen molar-refractivity contribution in [1.82, 2.24) is 5.32 Å². The molecule has 0 spiro atoms. The molecule has 1 aromatic rings. The fraction of sp³-hybridized carbons (Fsp3) is 0.600. The Hall–Kier alpha value is -0.740. The lowest BCUT2D eigenvalue weighted by Gasteiger charge is -2.41. The van der Waals surface area contributed by atoms with Crippen molar-refractivity contribution in [2.75, 3.05) is 13.3 Å². The third-order valence-corrected chi connectivity index (χ3v) is 5.07. The third kappa shape index (κ3) is 2.61. The first kappa shape index (κ1) is 13.3. The molecule has 2 aliphatic rings. The molecule has 19 heavy (non-hydrogen) atoms. The Morgan fingerprint density at radius 3 is 2.84 bits per heavy atom. The predicted octanol–water partition coefficient (Wildman–Crippen LogP) is 3.85. The third-order valence-electron chi connectivity index (χ3n) is 4.48. The number of ether oxygens (including phenoxy) is 2. The fourth-order valence-electron chi connectivity index (χ4n) is 2.93. The first-order chi connectivity index (χ1) is 9.22. The van der Waals surface area contributed by atoms with Crippen molar-refractivity contribution in [2.45, 2.75) is 39.2 Å². The molecule has 3 rings (SSSR count). The summed E-state index contributed by atoms with van der Waals surface area (Å²) < 4.78 is 11.8. The number of halogens is 1. The molecule has 0 atom stereocenters. The summed E-state index contributed by atoms with van der Waals surface area (Å²) in [6.45, 7) is 4.63. The van der Waals surface area contributed by atoms with Gasteiger partial charge in [0.25, 0.3) is 0 Å². The lowest BCUT2D eigenvalue weighted by Crippen LogP contribution is -2.39. The van der Waals surface area contributed by atoms with Crippen LogP contribution in [-0.2, 0) is 6.54 Å². The van der Waals surface area contributed by atoms with Gasteiger partial charge in [-0.05, 0) is 58.3 Å². The average Bonchev–Trinajstić information content (AvgIpc) is 2.81. The number of rotatable bonds is 5. The second-order valence-corrected chi connectivity index (χ2v) is 6.48. The van der Waals surface area contributed by atoms with E-state index >= 15 is 0 Å². The molecule has 0 saturated heterocycles. The van der Waals surface area contributed by atoms with E-state index in [9.17, 15) is 0 Å². The van der Waals surface area contributed by atoms with Gasteiger partial charge in [0.1, 0.15) is 0 Å². The second-order valence-electron chi connectivity index (χ2n) is 5.62. The van der Waals surface area contributed by atoms with Gasteiger partial charge in [-0.3, -0.25) is 0 Å². The number of hydrogen-bond donors (Lipinski definition) is 1. The minimum atomic E-state index is 0.323. The molecule has 1 heterocycles. The SMILES string of the molecule is CCC1(CNCc2cc(Br)c3c(c2)OCO3)CCC1. The zero-order chi connectivity index (χ0) is 13.3. The van der Waals surface area contributed by atoms with Crippen molar-refractivity contribution in [3.63, 3.8) is 0 Å². The first-order valence-electron chi connectivity index (χ1n) is 7.01. The van der Waals surface area contributed by atoms with Crippen molar-refractivity contribution < 1.29 is 9.47 Å². The molecule has 1 fully saturated rings. The quantitative estimate of drug-likeness (QED) is 0.892. The summed E-state index contributed by atoms with van der Waals surface area (Å²) in [4.78, 5) is 0. The lowest BCUT2D eigenvalue weighted by atomic mass is 9.67. The Bertz CT molecular complexity index is 466. The fourth-order valence-corrected chi connectivity index (χ4v) is 3.53. The van der Waals surface area contributed by atoms with Gasteiger partial charge in [-0.2, -0.15) is 0 Å². The van der Waals surface area contributed by atoms with Crippen LogP contribution in [0.3, 0.4) is 0 Å². The van der Waals surface area contributed by atoms with Crippen molar-refractivity contribution in [1.29, 1.82) is 0 Å². The van der Waals surface area contributed by atoms with Gasteiger partial charge in [0.2, 0.25) is 6.79 Å². The zero-order valence-electron chi connectivity index (χ0n) is 11.3. The molecule has 0 unspecified atom stereocenters. The van der Waals surface area contributed by atoms with Crippen LogP contribution in [0, 0.1) is 5.41 Å². The summed E-state index contributed by atoms with van der Waals surface area (Å²) in [5, 5.41) is 3.60. The Labute approximate surface area is 122 Å². The van der Waals surface area contributed by atoms with Crippen LogP contribution in [0.25, 0.3) is 0 Å².